The first kappa shape index (κ1) is 14.7. The summed E-state index contributed by atoms with van der Waals surface area (Å²) in [5.41, 5.74) is 1.39. The van der Waals surface area contributed by atoms with Crippen molar-refractivity contribution in [2.24, 2.45) is 5.92 Å². The standard InChI is InChI=1S/C15H22IN/c1-13(2)12-17-11-5-3-4-6-14-7-9-15(16)10-8-14/h3-4,7-10,13,17H,5-6,11-12H2,1-2H3. The maximum atomic E-state index is 3.44. The number of rotatable bonds is 7. The van der Waals surface area contributed by atoms with Gasteiger partial charge in [0.15, 0.2) is 0 Å². The van der Waals surface area contributed by atoms with Gasteiger partial charge in [-0.2, -0.15) is 0 Å². The van der Waals surface area contributed by atoms with Crippen LogP contribution in [0.4, 0.5) is 0 Å². The maximum Gasteiger partial charge on any atom is 0.0130 e. The summed E-state index contributed by atoms with van der Waals surface area (Å²) < 4.78 is 1.30. The Morgan fingerprint density at radius 3 is 2.53 bits per heavy atom. The first-order chi connectivity index (χ1) is 8.18. The average Bonchev–Trinajstić information content (AvgIpc) is 2.30. The molecule has 0 heterocycles. The van der Waals surface area contributed by atoms with Crippen LogP contribution in [0.5, 0.6) is 0 Å². The molecule has 1 rings (SSSR count). The van der Waals surface area contributed by atoms with Gasteiger partial charge in [-0.15, -0.1) is 0 Å². The highest BCUT2D eigenvalue weighted by Crippen LogP contribution is 2.07. The van der Waals surface area contributed by atoms with Crippen molar-refractivity contribution in [1.29, 1.82) is 0 Å². The molecule has 2 heteroatoms. The minimum Gasteiger partial charge on any atom is -0.316 e. The van der Waals surface area contributed by atoms with Crippen LogP contribution in [-0.4, -0.2) is 13.1 Å². The molecule has 0 aliphatic heterocycles. The number of benzene rings is 1. The normalized spacial score (nSPS) is 11.5. The first-order valence-corrected chi connectivity index (χ1v) is 7.36. The summed E-state index contributed by atoms with van der Waals surface area (Å²) in [4.78, 5) is 0. The van der Waals surface area contributed by atoms with E-state index in [4.69, 9.17) is 0 Å². The summed E-state index contributed by atoms with van der Waals surface area (Å²) in [7, 11) is 0. The van der Waals surface area contributed by atoms with Gasteiger partial charge >= 0.3 is 0 Å². The predicted molar refractivity (Wildman–Crippen MR) is 84.3 cm³/mol. The zero-order chi connectivity index (χ0) is 12.5. The minimum atomic E-state index is 0.741. The molecule has 1 aromatic rings. The highest BCUT2D eigenvalue weighted by atomic mass is 127. The smallest absolute Gasteiger partial charge is 0.0130 e. The quantitative estimate of drug-likeness (QED) is 0.448. The summed E-state index contributed by atoms with van der Waals surface area (Å²) in [5, 5.41) is 3.44. The van der Waals surface area contributed by atoms with Crippen molar-refractivity contribution in [2.45, 2.75) is 26.7 Å². The van der Waals surface area contributed by atoms with Crippen molar-refractivity contribution in [1.82, 2.24) is 5.32 Å². The summed E-state index contributed by atoms with van der Waals surface area (Å²) in [6, 6.07) is 8.72. The van der Waals surface area contributed by atoms with E-state index in [9.17, 15) is 0 Å². The second-order valence-electron chi connectivity index (χ2n) is 4.69. The minimum absolute atomic E-state index is 0.741. The van der Waals surface area contributed by atoms with E-state index in [1.165, 1.54) is 9.13 Å². The van der Waals surface area contributed by atoms with E-state index in [-0.39, 0.29) is 0 Å². The average molecular weight is 343 g/mol. The Bertz CT molecular complexity index is 327. The zero-order valence-corrected chi connectivity index (χ0v) is 12.9. The highest BCUT2D eigenvalue weighted by Gasteiger charge is 1.91. The molecule has 0 aliphatic rings. The highest BCUT2D eigenvalue weighted by molar-refractivity contribution is 14.1. The molecular weight excluding hydrogens is 321 g/mol. The van der Waals surface area contributed by atoms with Gasteiger partial charge in [0.1, 0.15) is 0 Å². The third-order valence-corrected chi connectivity index (χ3v) is 3.19. The Morgan fingerprint density at radius 1 is 1.18 bits per heavy atom. The van der Waals surface area contributed by atoms with Gasteiger partial charge in [-0.3, -0.25) is 0 Å². The van der Waals surface area contributed by atoms with Crippen LogP contribution in [0, 0.1) is 9.49 Å². The monoisotopic (exact) mass is 343 g/mol. The van der Waals surface area contributed by atoms with Crippen LogP contribution < -0.4 is 5.32 Å². The van der Waals surface area contributed by atoms with Gasteiger partial charge in [0, 0.05) is 3.57 Å². The summed E-state index contributed by atoms with van der Waals surface area (Å²) in [6.07, 6.45) is 6.70. The van der Waals surface area contributed by atoms with Gasteiger partial charge < -0.3 is 5.32 Å². The Balaban J connectivity index is 2.11. The molecule has 17 heavy (non-hydrogen) atoms. The molecule has 0 atom stereocenters. The SMILES string of the molecule is CC(C)CNCCC=CCc1ccc(I)cc1. The van der Waals surface area contributed by atoms with E-state index in [2.05, 4.69) is 78.2 Å². The van der Waals surface area contributed by atoms with Crippen LogP contribution in [0.25, 0.3) is 0 Å². The summed E-state index contributed by atoms with van der Waals surface area (Å²) >= 11 is 2.34. The molecule has 1 nitrogen and oxygen atoms in total. The van der Waals surface area contributed by atoms with Gasteiger partial charge in [-0.05, 0) is 72.1 Å². The lowest BCUT2D eigenvalue weighted by molar-refractivity contribution is 0.556. The molecule has 1 aromatic carbocycles. The van der Waals surface area contributed by atoms with E-state index in [1.54, 1.807) is 0 Å². The second-order valence-corrected chi connectivity index (χ2v) is 5.93. The van der Waals surface area contributed by atoms with E-state index in [0.29, 0.717) is 0 Å². The van der Waals surface area contributed by atoms with Crippen LogP contribution in [0.15, 0.2) is 36.4 Å². The largest absolute Gasteiger partial charge is 0.316 e. The van der Waals surface area contributed by atoms with Crippen molar-refractivity contribution in [3.63, 3.8) is 0 Å². The molecule has 0 radical (unpaired) electrons. The fourth-order valence-electron chi connectivity index (χ4n) is 1.53. The molecule has 0 aromatic heterocycles. The maximum absolute atomic E-state index is 3.44. The van der Waals surface area contributed by atoms with Gasteiger partial charge in [-0.25, -0.2) is 0 Å². The van der Waals surface area contributed by atoms with Gasteiger partial charge in [0.05, 0.1) is 0 Å². The molecule has 0 saturated heterocycles. The summed E-state index contributed by atoms with van der Waals surface area (Å²) in [5.74, 6) is 0.741. The Hall–Kier alpha value is -0.350. The van der Waals surface area contributed by atoms with E-state index < -0.39 is 0 Å². The zero-order valence-electron chi connectivity index (χ0n) is 10.7. The van der Waals surface area contributed by atoms with Crippen molar-refractivity contribution in [2.75, 3.05) is 13.1 Å². The van der Waals surface area contributed by atoms with Crippen molar-refractivity contribution >= 4 is 22.6 Å². The second kappa shape index (κ2) is 8.70. The van der Waals surface area contributed by atoms with Gasteiger partial charge in [-0.1, -0.05) is 38.1 Å². The van der Waals surface area contributed by atoms with Crippen LogP contribution in [0.1, 0.15) is 25.8 Å². The molecule has 0 bridgehead atoms. The van der Waals surface area contributed by atoms with Gasteiger partial charge in [0.2, 0.25) is 0 Å². The summed E-state index contributed by atoms with van der Waals surface area (Å²) in [6.45, 7) is 6.67. The number of hydrogen-bond donors (Lipinski definition) is 1. The molecule has 0 aliphatic carbocycles. The topological polar surface area (TPSA) is 12.0 Å². The van der Waals surface area contributed by atoms with E-state index in [0.717, 1.165) is 31.8 Å². The molecule has 0 amide bonds. The molecule has 0 saturated carbocycles. The molecule has 94 valence electrons. The number of halogens is 1. The Kier molecular flexibility index (Phi) is 7.53. The fourth-order valence-corrected chi connectivity index (χ4v) is 1.89. The van der Waals surface area contributed by atoms with Crippen LogP contribution >= 0.6 is 22.6 Å². The molecule has 1 N–H and O–H groups in total. The van der Waals surface area contributed by atoms with Crippen molar-refractivity contribution < 1.29 is 0 Å². The van der Waals surface area contributed by atoms with Crippen molar-refractivity contribution in [3.05, 3.63) is 45.6 Å². The van der Waals surface area contributed by atoms with Crippen molar-refractivity contribution in [3.8, 4) is 0 Å². The lowest BCUT2D eigenvalue weighted by atomic mass is 10.1. The third-order valence-electron chi connectivity index (χ3n) is 2.47. The predicted octanol–water partition coefficient (Wildman–Crippen LogP) is 4.03. The number of hydrogen-bond acceptors (Lipinski definition) is 1. The van der Waals surface area contributed by atoms with Crippen LogP contribution in [0.3, 0.4) is 0 Å². The van der Waals surface area contributed by atoms with Crippen LogP contribution in [0.2, 0.25) is 0 Å². The Labute approximate surface area is 119 Å². The number of nitrogens with one attached hydrogen (secondary N) is 1. The Morgan fingerprint density at radius 2 is 1.88 bits per heavy atom. The van der Waals surface area contributed by atoms with E-state index >= 15 is 0 Å². The molecular formula is C15H22IN. The number of allylic oxidation sites excluding steroid dienone is 1. The molecule has 0 spiro atoms. The lowest BCUT2D eigenvalue weighted by Gasteiger charge is -2.04. The molecule has 0 fully saturated rings. The van der Waals surface area contributed by atoms with Crippen LogP contribution in [-0.2, 0) is 6.42 Å². The first-order valence-electron chi connectivity index (χ1n) is 6.28. The fraction of sp³-hybridized carbons (Fsp3) is 0.467. The van der Waals surface area contributed by atoms with Gasteiger partial charge in [0.25, 0.3) is 0 Å². The third kappa shape index (κ3) is 7.55. The van der Waals surface area contributed by atoms with E-state index in [1.807, 2.05) is 0 Å². The lowest BCUT2D eigenvalue weighted by Crippen LogP contribution is -2.20. The molecule has 0 unspecified atom stereocenters.